The zero-order chi connectivity index (χ0) is 19.9. The summed E-state index contributed by atoms with van der Waals surface area (Å²) in [5, 5.41) is 2.66. The molecule has 0 saturated heterocycles. The van der Waals surface area contributed by atoms with Gasteiger partial charge in [-0.2, -0.15) is 8.42 Å². The second kappa shape index (κ2) is 9.38. The van der Waals surface area contributed by atoms with Crippen LogP contribution in [0, 0.1) is 6.92 Å². The second-order valence-corrected chi connectivity index (χ2v) is 7.45. The lowest BCUT2D eigenvalue weighted by atomic mass is 10.2. The van der Waals surface area contributed by atoms with Crippen molar-refractivity contribution in [1.82, 2.24) is 0 Å². The van der Waals surface area contributed by atoms with Crippen LogP contribution in [-0.2, 0) is 19.1 Å². The summed E-state index contributed by atoms with van der Waals surface area (Å²) in [6, 6.07) is 11.5. The third-order valence-electron chi connectivity index (χ3n) is 3.58. The van der Waals surface area contributed by atoms with E-state index >= 15 is 0 Å². The van der Waals surface area contributed by atoms with Crippen LogP contribution in [0.3, 0.4) is 0 Å². The van der Waals surface area contributed by atoms with Crippen molar-refractivity contribution in [1.29, 1.82) is 0 Å². The number of rotatable bonds is 9. The number of hydrogen-bond donors (Lipinski definition) is 1. The van der Waals surface area contributed by atoms with E-state index in [0.29, 0.717) is 23.6 Å². The Labute approximate surface area is 159 Å². The van der Waals surface area contributed by atoms with Crippen LogP contribution in [0.2, 0.25) is 0 Å². The SMILES string of the molecule is COc1cc(NC(C)=O)ccc1OCCCOS(=O)(=O)c1ccc(C)cc1. The lowest BCUT2D eigenvalue weighted by Crippen LogP contribution is -2.10. The fourth-order valence-electron chi connectivity index (χ4n) is 2.25. The van der Waals surface area contributed by atoms with Gasteiger partial charge in [-0.05, 0) is 31.2 Å². The zero-order valence-corrected chi connectivity index (χ0v) is 16.3. The van der Waals surface area contributed by atoms with Gasteiger partial charge < -0.3 is 14.8 Å². The minimum atomic E-state index is -3.77. The van der Waals surface area contributed by atoms with E-state index in [4.69, 9.17) is 13.7 Å². The number of carbonyl (C=O) groups is 1. The van der Waals surface area contributed by atoms with Crippen molar-refractivity contribution >= 4 is 21.7 Å². The highest BCUT2D eigenvalue weighted by molar-refractivity contribution is 7.86. The number of ether oxygens (including phenoxy) is 2. The average molecular weight is 393 g/mol. The van der Waals surface area contributed by atoms with Gasteiger partial charge in [0.05, 0.1) is 25.2 Å². The molecule has 0 fully saturated rings. The third-order valence-corrected chi connectivity index (χ3v) is 4.90. The van der Waals surface area contributed by atoms with Crippen LogP contribution >= 0.6 is 0 Å². The van der Waals surface area contributed by atoms with Crippen LogP contribution < -0.4 is 14.8 Å². The highest BCUT2D eigenvalue weighted by atomic mass is 32.2. The molecule has 0 radical (unpaired) electrons. The molecule has 0 spiro atoms. The number of hydrogen-bond acceptors (Lipinski definition) is 6. The van der Waals surface area contributed by atoms with Gasteiger partial charge in [-0.25, -0.2) is 0 Å². The minimum Gasteiger partial charge on any atom is -0.493 e. The predicted octanol–water partition coefficient (Wildman–Crippen LogP) is 3.14. The Hall–Kier alpha value is -2.58. The topological polar surface area (TPSA) is 90.9 Å². The van der Waals surface area contributed by atoms with Crippen molar-refractivity contribution in [3.63, 3.8) is 0 Å². The molecule has 8 heteroatoms. The van der Waals surface area contributed by atoms with E-state index in [1.165, 1.54) is 26.2 Å². The van der Waals surface area contributed by atoms with Gasteiger partial charge in [-0.1, -0.05) is 17.7 Å². The molecular weight excluding hydrogens is 370 g/mol. The summed E-state index contributed by atoms with van der Waals surface area (Å²) in [5.74, 6) is 0.778. The van der Waals surface area contributed by atoms with Crippen molar-refractivity contribution in [2.45, 2.75) is 25.2 Å². The van der Waals surface area contributed by atoms with Gasteiger partial charge in [0.15, 0.2) is 11.5 Å². The molecule has 0 unspecified atom stereocenters. The molecule has 7 nitrogen and oxygen atoms in total. The first-order valence-electron chi connectivity index (χ1n) is 8.36. The smallest absolute Gasteiger partial charge is 0.296 e. The summed E-state index contributed by atoms with van der Waals surface area (Å²) in [5.41, 5.74) is 1.57. The van der Waals surface area contributed by atoms with Gasteiger partial charge in [0, 0.05) is 25.1 Å². The number of anilines is 1. The molecule has 0 aliphatic carbocycles. The average Bonchev–Trinajstić information content (AvgIpc) is 2.62. The number of benzene rings is 2. The Morgan fingerprint density at radius 3 is 2.37 bits per heavy atom. The second-order valence-electron chi connectivity index (χ2n) is 5.84. The van der Waals surface area contributed by atoms with E-state index in [1.54, 1.807) is 30.3 Å². The summed E-state index contributed by atoms with van der Waals surface area (Å²) in [6.07, 6.45) is 0.377. The van der Waals surface area contributed by atoms with Crippen LogP contribution in [0.5, 0.6) is 11.5 Å². The van der Waals surface area contributed by atoms with Crippen molar-refractivity contribution in [2.75, 3.05) is 25.6 Å². The Balaban J connectivity index is 1.84. The van der Waals surface area contributed by atoms with Crippen LogP contribution in [0.25, 0.3) is 0 Å². The highest BCUT2D eigenvalue weighted by Crippen LogP contribution is 2.30. The molecule has 0 atom stereocenters. The monoisotopic (exact) mass is 393 g/mol. The first kappa shape index (κ1) is 20.7. The van der Waals surface area contributed by atoms with Crippen molar-refractivity contribution in [3.05, 3.63) is 48.0 Å². The maximum absolute atomic E-state index is 12.1. The Bertz CT molecular complexity index is 878. The van der Waals surface area contributed by atoms with E-state index < -0.39 is 10.1 Å². The molecule has 27 heavy (non-hydrogen) atoms. The fourth-order valence-corrected chi connectivity index (χ4v) is 3.19. The molecule has 0 aliphatic rings. The van der Waals surface area contributed by atoms with Gasteiger partial charge in [-0.15, -0.1) is 0 Å². The van der Waals surface area contributed by atoms with E-state index in [0.717, 1.165) is 5.56 Å². The minimum absolute atomic E-state index is 0.00248. The van der Waals surface area contributed by atoms with Crippen molar-refractivity contribution < 1.29 is 26.9 Å². The van der Waals surface area contributed by atoms with Gasteiger partial charge >= 0.3 is 0 Å². The molecular formula is C19H23NO6S. The largest absolute Gasteiger partial charge is 0.493 e. The van der Waals surface area contributed by atoms with E-state index in [1.807, 2.05) is 6.92 Å². The molecule has 0 bridgehead atoms. The Morgan fingerprint density at radius 1 is 1.04 bits per heavy atom. The lowest BCUT2D eigenvalue weighted by Gasteiger charge is -2.12. The molecule has 0 heterocycles. The molecule has 1 amide bonds. The summed E-state index contributed by atoms with van der Waals surface area (Å²) < 4.78 is 40.1. The quantitative estimate of drug-likeness (QED) is 0.520. The number of amides is 1. The summed E-state index contributed by atoms with van der Waals surface area (Å²) in [4.78, 5) is 11.2. The summed E-state index contributed by atoms with van der Waals surface area (Å²) in [7, 11) is -2.28. The van der Waals surface area contributed by atoms with Gasteiger partial charge in [0.2, 0.25) is 5.91 Å². The summed E-state index contributed by atoms with van der Waals surface area (Å²) in [6.45, 7) is 3.55. The first-order valence-corrected chi connectivity index (χ1v) is 9.77. The van der Waals surface area contributed by atoms with E-state index in [-0.39, 0.29) is 24.0 Å². The number of nitrogens with one attached hydrogen (secondary N) is 1. The van der Waals surface area contributed by atoms with Gasteiger partial charge in [0.25, 0.3) is 10.1 Å². The van der Waals surface area contributed by atoms with Crippen LogP contribution in [0.15, 0.2) is 47.4 Å². The number of methoxy groups -OCH3 is 1. The van der Waals surface area contributed by atoms with Crippen LogP contribution in [-0.4, -0.2) is 34.6 Å². The Morgan fingerprint density at radius 2 is 1.74 bits per heavy atom. The van der Waals surface area contributed by atoms with Crippen LogP contribution in [0.4, 0.5) is 5.69 Å². The van der Waals surface area contributed by atoms with Gasteiger partial charge in [0.1, 0.15) is 0 Å². The first-order chi connectivity index (χ1) is 12.8. The third kappa shape index (κ3) is 6.26. The summed E-state index contributed by atoms with van der Waals surface area (Å²) >= 11 is 0. The molecule has 0 aliphatic heterocycles. The highest BCUT2D eigenvalue weighted by Gasteiger charge is 2.14. The van der Waals surface area contributed by atoms with E-state index in [2.05, 4.69) is 5.32 Å². The molecule has 2 aromatic rings. The fraction of sp³-hybridized carbons (Fsp3) is 0.316. The molecule has 1 N–H and O–H groups in total. The molecule has 2 rings (SSSR count). The van der Waals surface area contributed by atoms with E-state index in [9.17, 15) is 13.2 Å². The lowest BCUT2D eigenvalue weighted by molar-refractivity contribution is -0.114. The molecule has 2 aromatic carbocycles. The molecule has 146 valence electrons. The van der Waals surface area contributed by atoms with Gasteiger partial charge in [-0.3, -0.25) is 8.98 Å². The van der Waals surface area contributed by atoms with Crippen molar-refractivity contribution in [2.24, 2.45) is 0 Å². The standard InChI is InChI=1S/C19H23NO6S/c1-14-5-8-17(9-6-14)27(22,23)26-12-4-11-25-18-10-7-16(20-15(2)21)13-19(18)24-3/h5-10,13H,4,11-12H2,1-3H3,(H,20,21). The maximum Gasteiger partial charge on any atom is 0.296 e. The number of aryl methyl sites for hydroxylation is 1. The maximum atomic E-state index is 12.1. The van der Waals surface area contributed by atoms with Crippen LogP contribution in [0.1, 0.15) is 18.9 Å². The Kier molecular flexibility index (Phi) is 7.20. The number of carbonyl (C=O) groups excluding carboxylic acids is 1. The predicted molar refractivity (Wildman–Crippen MR) is 102 cm³/mol. The van der Waals surface area contributed by atoms with Crippen molar-refractivity contribution in [3.8, 4) is 11.5 Å². The molecule has 0 aromatic heterocycles. The normalized spacial score (nSPS) is 11.1. The molecule has 0 saturated carbocycles. The zero-order valence-electron chi connectivity index (χ0n) is 15.5.